The molecule has 1 aliphatic heterocycles. The van der Waals surface area contributed by atoms with Gasteiger partial charge in [-0.05, 0) is 0 Å². The van der Waals surface area contributed by atoms with Crippen LogP contribution >= 0.6 is 0 Å². The first-order valence-corrected chi connectivity index (χ1v) is 5.87. The fourth-order valence-electron chi connectivity index (χ4n) is 1.73. The number of rotatable bonds is 4. The average molecular weight is 227 g/mol. The number of hydrogen-bond donors (Lipinski definition) is 1. The van der Waals surface area contributed by atoms with Crippen molar-refractivity contribution in [2.75, 3.05) is 39.8 Å². The second kappa shape index (κ2) is 6.48. The molecule has 2 amide bonds. The van der Waals surface area contributed by atoms with Gasteiger partial charge in [-0.25, -0.2) is 0 Å². The van der Waals surface area contributed by atoms with E-state index in [1.807, 2.05) is 11.8 Å². The van der Waals surface area contributed by atoms with Gasteiger partial charge in [-0.1, -0.05) is 6.92 Å². The summed E-state index contributed by atoms with van der Waals surface area (Å²) in [5.74, 6) is 0.241. The zero-order valence-corrected chi connectivity index (χ0v) is 10.2. The summed E-state index contributed by atoms with van der Waals surface area (Å²) in [4.78, 5) is 26.6. The molecule has 0 atom stereocenters. The Balaban J connectivity index is 2.26. The van der Waals surface area contributed by atoms with E-state index in [0.29, 0.717) is 19.4 Å². The van der Waals surface area contributed by atoms with Crippen molar-refractivity contribution in [2.24, 2.45) is 0 Å². The second-order valence-corrected chi connectivity index (χ2v) is 4.05. The molecule has 0 saturated carbocycles. The zero-order chi connectivity index (χ0) is 12.0. The predicted molar refractivity (Wildman–Crippen MR) is 62.0 cm³/mol. The molecule has 16 heavy (non-hydrogen) atoms. The Hall–Kier alpha value is -1.10. The van der Waals surface area contributed by atoms with Gasteiger partial charge in [-0.15, -0.1) is 0 Å². The first-order valence-electron chi connectivity index (χ1n) is 5.87. The molecule has 0 unspecified atom stereocenters. The topological polar surface area (TPSA) is 52.7 Å². The van der Waals surface area contributed by atoms with Gasteiger partial charge in [0.2, 0.25) is 11.8 Å². The minimum Gasteiger partial charge on any atom is -0.345 e. The Morgan fingerprint density at radius 3 is 2.50 bits per heavy atom. The summed E-state index contributed by atoms with van der Waals surface area (Å²) in [6.45, 7) is 5.66. The van der Waals surface area contributed by atoms with Crippen molar-refractivity contribution in [3.05, 3.63) is 0 Å². The van der Waals surface area contributed by atoms with Crippen molar-refractivity contribution in [1.82, 2.24) is 15.1 Å². The normalized spacial score (nSPS) is 16.0. The van der Waals surface area contributed by atoms with Gasteiger partial charge < -0.3 is 15.1 Å². The number of carbonyl (C=O) groups excluding carboxylic acids is 2. The fourth-order valence-corrected chi connectivity index (χ4v) is 1.73. The average Bonchev–Trinajstić information content (AvgIpc) is 2.35. The van der Waals surface area contributed by atoms with E-state index in [2.05, 4.69) is 5.32 Å². The minimum atomic E-state index is 0.0908. The van der Waals surface area contributed by atoms with E-state index in [1.165, 1.54) is 0 Å². The summed E-state index contributed by atoms with van der Waals surface area (Å²) in [6.07, 6.45) is 0.931. The van der Waals surface area contributed by atoms with E-state index in [4.69, 9.17) is 0 Å². The molecular formula is C11H21N3O2. The van der Waals surface area contributed by atoms with Crippen LogP contribution in [-0.2, 0) is 9.59 Å². The van der Waals surface area contributed by atoms with E-state index >= 15 is 0 Å². The van der Waals surface area contributed by atoms with Gasteiger partial charge in [0.15, 0.2) is 0 Å². The molecule has 0 aromatic rings. The number of amides is 2. The van der Waals surface area contributed by atoms with Gasteiger partial charge in [-0.2, -0.15) is 0 Å². The van der Waals surface area contributed by atoms with Crippen molar-refractivity contribution >= 4 is 11.8 Å². The van der Waals surface area contributed by atoms with Gasteiger partial charge in [0.05, 0.1) is 0 Å². The maximum Gasteiger partial charge on any atom is 0.224 e. The molecule has 0 spiro atoms. The third-order valence-corrected chi connectivity index (χ3v) is 2.86. The van der Waals surface area contributed by atoms with Crippen LogP contribution in [0, 0.1) is 0 Å². The highest BCUT2D eigenvalue weighted by molar-refractivity contribution is 5.79. The molecule has 5 nitrogen and oxygen atoms in total. The maximum atomic E-state index is 11.8. The van der Waals surface area contributed by atoms with Crippen LogP contribution in [0.2, 0.25) is 0 Å². The number of carbonyl (C=O) groups is 2. The monoisotopic (exact) mass is 227 g/mol. The SMILES string of the molecule is CCC(=O)N(C)CCC(=O)N1CCNCC1. The third kappa shape index (κ3) is 3.81. The second-order valence-electron chi connectivity index (χ2n) is 4.05. The molecule has 92 valence electrons. The summed E-state index contributed by atoms with van der Waals surface area (Å²) in [6, 6.07) is 0. The van der Waals surface area contributed by atoms with Crippen molar-refractivity contribution in [1.29, 1.82) is 0 Å². The van der Waals surface area contributed by atoms with Crippen LogP contribution in [0.4, 0.5) is 0 Å². The van der Waals surface area contributed by atoms with Crippen molar-refractivity contribution in [2.45, 2.75) is 19.8 Å². The molecule has 1 saturated heterocycles. The van der Waals surface area contributed by atoms with Crippen LogP contribution in [-0.4, -0.2) is 61.4 Å². The van der Waals surface area contributed by atoms with E-state index in [-0.39, 0.29) is 11.8 Å². The Morgan fingerprint density at radius 1 is 1.31 bits per heavy atom. The van der Waals surface area contributed by atoms with Crippen molar-refractivity contribution in [3.8, 4) is 0 Å². The molecule has 5 heteroatoms. The molecule has 1 rings (SSSR count). The highest BCUT2D eigenvalue weighted by Crippen LogP contribution is 1.99. The van der Waals surface area contributed by atoms with Gasteiger partial charge in [0.1, 0.15) is 0 Å². The standard InChI is InChI=1S/C11H21N3O2/c1-3-10(15)13(2)7-4-11(16)14-8-5-12-6-9-14/h12H,3-9H2,1-2H3. The molecule has 1 aliphatic rings. The Kier molecular flexibility index (Phi) is 5.25. The molecule has 0 aromatic heterocycles. The van der Waals surface area contributed by atoms with Crippen LogP contribution in [0.15, 0.2) is 0 Å². The number of nitrogens with zero attached hydrogens (tertiary/aromatic N) is 2. The Labute approximate surface area is 96.8 Å². The van der Waals surface area contributed by atoms with Crippen LogP contribution in [0.25, 0.3) is 0 Å². The van der Waals surface area contributed by atoms with Gasteiger partial charge in [0.25, 0.3) is 0 Å². The number of nitrogens with one attached hydrogen (secondary N) is 1. The molecule has 0 aliphatic carbocycles. The van der Waals surface area contributed by atoms with Crippen molar-refractivity contribution in [3.63, 3.8) is 0 Å². The number of piperazine rings is 1. The minimum absolute atomic E-state index is 0.0908. The van der Waals surface area contributed by atoms with Gasteiger partial charge >= 0.3 is 0 Å². The fraction of sp³-hybridized carbons (Fsp3) is 0.818. The molecular weight excluding hydrogens is 206 g/mol. The quantitative estimate of drug-likeness (QED) is 0.716. The molecule has 0 bridgehead atoms. The lowest BCUT2D eigenvalue weighted by atomic mass is 10.3. The molecule has 1 heterocycles. The molecule has 0 radical (unpaired) electrons. The summed E-state index contributed by atoms with van der Waals surface area (Å²) >= 11 is 0. The summed E-state index contributed by atoms with van der Waals surface area (Å²) < 4.78 is 0. The summed E-state index contributed by atoms with van der Waals surface area (Å²) in [7, 11) is 1.75. The van der Waals surface area contributed by atoms with Gasteiger partial charge in [-0.3, -0.25) is 9.59 Å². The largest absolute Gasteiger partial charge is 0.345 e. The van der Waals surface area contributed by atoms with Crippen LogP contribution < -0.4 is 5.32 Å². The first-order chi connectivity index (χ1) is 7.65. The lowest BCUT2D eigenvalue weighted by Crippen LogP contribution is -2.47. The Morgan fingerprint density at radius 2 is 1.94 bits per heavy atom. The third-order valence-electron chi connectivity index (χ3n) is 2.86. The van der Waals surface area contributed by atoms with Crippen molar-refractivity contribution < 1.29 is 9.59 Å². The Bertz CT molecular complexity index is 250. The van der Waals surface area contributed by atoms with Crippen LogP contribution in [0.3, 0.4) is 0 Å². The zero-order valence-electron chi connectivity index (χ0n) is 10.2. The molecule has 0 aromatic carbocycles. The van der Waals surface area contributed by atoms with E-state index in [1.54, 1.807) is 11.9 Å². The van der Waals surface area contributed by atoms with E-state index in [0.717, 1.165) is 26.2 Å². The highest BCUT2D eigenvalue weighted by atomic mass is 16.2. The van der Waals surface area contributed by atoms with Gasteiger partial charge in [0, 0.05) is 52.6 Å². The van der Waals surface area contributed by atoms with E-state index in [9.17, 15) is 9.59 Å². The highest BCUT2D eigenvalue weighted by Gasteiger charge is 2.16. The summed E-state index contributed by atoms with van der Waals surface area (Å²) in [5.41, 5.74) is 0. The lowest BCUT2D eigenvalue weighted by Gasteiger charge is -2.28. The van der Waals surface area contributed by atoms with Crippen LogP contribution in [0.5, 0.6) is 0 Å². The summed E-state index contributed by atoms with van der Waals surface area (Å²) in [5, 5.41) is 3.20. The van der Waals surface area contributed by atoms with E-state index < -0.39 is 0 Å². The lowest BCUT2D eigenvalue weighted by molar-refractivity contribution is -0.133. The molecule has 1 fully saturated rings. The smallest absolute Gasteiger partial charge is 0.224 e. The van der Waals surface area contributed by atoms with Crippen LogP contribution in [0.1, 0.15) is 19.8 Å². The first kappa shape index (κ1) is 13.0. The predicted octanol–water partition coefficient (Wildman–Crippen LogP) is -0.323. The number of hydrogen-bond acceptors (Lipinski definition) is 3. The molecule has 1 N–H and O–H groups in total. The maximum absolute atomic E-state index is 11.8.